The lowest BCUT2D eigenvalue weighted by Crippen LogP contribution is -2.08. The van der Waals surface area contributed by atoms with Crippen LogP contribution in [0.25, 0.3) is 16.9 Å². The first-order chi connectivity index (χ1) is 14.8. The summed E-state index contributed by atoms with van der Waals surface area (Å²) in [5, 5.41) is 17.6. The number of rotatable bonds is 5. The zero-order chi connectivity index (χ0) is 22.1. The molecule has 0 aliphatic carbocycles. The molecule has 0 radical (unpaired) electrons. The summed E-state index contributed by atoms with van der Waals surface area (Å²) in [7, 11) is 0. The molecule has 156 valence electrons. The number of benzene rings is 3. The quantitative estimate of drug-likeness (QED) is 0.417. The molecule has 0 saturated heterocycles. The summed E-state index contributed by atoms with van der Waals surface area (Å²) in [6, 6.07) is 19.3. The molecule has 6 heteroatoms. The van der Waals surface area contributed by atoms with Crippen molar-refractivity contribution < 1.29 is 14.3 Å². The Morgan fingerprint density at radius 2 is 1.61 bits per heavy atom. The smallest absolute Gasteiger partial charge is 0.337 e. The molecule has 0 spiro atoms. The predicted octanol–water partition coefficient (Wildman–Crippen LogP) is 6.05. The van der Waals surface area contributed by atoms with Crippen molar-refractivity contribution in [1.29, 1.82) is 0 Å². The molecule has 0 amide bonds. The lowest BCUT2D eigenvalue weighted by molar-refractivity contribution is 0.0698. The van der Waals surface area contributed by atoms with Crippen molar-refractivity contribution in [3.8, 4) is 16.9 Å². The van der Waals surface area contributed by atoms with E-state index in [-0.39, 0.29) is 11.4 Å². The predicted molar refractivity (Wildman–Crippen MR) is 120 cm³/mol. The van der Waals surface area contributed by atoms with E-state index in [0.717, 1.165) is 27.9 Å². The van der Waals surface area contributed by atoms with Crippen molar-refractivity contribution in [3.63, 3.8) is 0 Å². The summed E-state index contributed by atoms with van der Waals surface area (Å²) in [5.74, 6) is -0.719. The van der Waals surface area contributed by atoms with Gasteiger partial charge < -0.3 is 10.4 Å². The highest BCUT2D eigenvalue weighted by molar-refractivity contribution is 5.95. The van der Waals surface area contributed by atoms with E-state index in [0.29, 0.717) is 17.2 Å². The van der Waals surface area contributed by atoms with Crippen molar-refractivity contribution in [2.24, 2.45) is 0 Å². The molecular formula is C25H22FN3O2. The van der Waals surface area contributed by atoms with E-state index in [2.05, 4.69) is 5.32 Å². The van der Waals surface area contributed by atoms with E-state index in [1.54, 1.807) is 28.9 Å². The van der Waals surface area contributed by atoms with Crippen molar-refractivity contribution in [3.05, 3.63) is 94.8 Å². The summed E-state index contributed by atoms with van der Waals surface area (Å²) in [6.45, 7) is 5.85. The fourth-order valence-corrected chi connectivity index (χ4v) is 3.45. The van der Waals surface area contributed by atoms with Crippen LogP contribution in [0.3, 0.4) is 0 Å². The van der Waals surface area contributed by atoms with Crippen LogP contribution >= 0.6 is 0 Å². The molecule has 4 aromatic rings. The highest BCUT2D eigenvalue weighted by Gasteiger charge is 2.17. The summed E-state index contributed by atoms with van der Waals surface area (Å²) in [6.07, 6.45) is 0. The molecule has 1 aromatic heterocycles. The first kappa shape index (κ1) is 20.3. The molecule has 4 rings (SSSR count). The maximum absolute atomic E-state index is 13.4. The second kappa shape index (κ2) is 8.07. The summed E-state index contributed by atoms with van der Waals surface area (Å²) < 4.78 is 15.2. The van der Waals surface area contributed by atoms with Gasteiger partial charge in [0, 0.05) is 11.6 Å². The van der Waals surface area contributed by atoms with E-state index >= 15 is 0 Å². The van der Waals surface area contributed by atoms with Crippen molar-refractivity contribution in [2.75, 3.05) is 5.32 Å². The molecule has 2 N–H and O–H groups in total. The zero-order valence-corrected chi connectivity index (χ0v) is 17.5. The Morgan fingerprint density at radius 1 is 0.935 bits per heavy atom. The van der Waals surface area contributed by atoms with Gasteiger partial charge >= 0.3 is 5.97 Å². The molecule has 5 nitrogen and oxygen atoms in total. The molecule has 0 aliphatic rings. The molecule has 0 atom stereocenters. The topological polar surface area (TPSA) is 67.2 Å². The standard InChI is InChI=1S/C25H22FN3O2/c1-15-5-11-21(20(12-15)25(30)31)27-24-14-22(18-7-9-19(26)10-8-18)28-29(24)23-13-16(2)4-6-17(23)3/h4-14,27H,1-3H3,(H,30,31). The van der Waals surface area contributed by atoms with Crippen molar-refractivity contribution in [1.82, 2.24) is 9.78 Å². The van der Waals surface area contributed by atoms with Gasteiger partial charge in [-0.2, -0.15) is 5.10 Å². The number of aryl methyl sites for hydroxylation is 3. The lowest BCUT2D eigenvalue weighted by atomic mass is 10.1. The summed E-state index contributed by atoms with van der Waals surface area (Å²) >= 11 is 0. The van der Waals surface area contributed by atoms with Gasteiger partial charge in [-0.1, -0.05) is 23.8 Å². The van der Waals surface area contributed by atoms with Crippen LogP contribution in [-0.4, -0.2) is 20.9 Å². The number of aromatic carboxylic acids is 1. The minimum atomic E-state index is -1.01. The average Bonchev–Trinajstić information content (AvgIpc) is 3.15. The van der Waals surface area contributed by atoms with Gasteiger partial charge in [0.1, 0.15) is 11.6 Å². The van der Waals surface area contributed by atoms with Crippen LogP contribution in [0.1, 0.15) is 27.0 Å². The third kappa shape index (κ3) is 4.19. The Labute approximate surface area is 179 Å². The number of carbonyl (C=O) groups is 1. The SMILES string of the molecule is Cc1ccc(Nc2cc(-c3ccc(F)cc3)nn2-c2cc(C)ccc2C)c(C(=O)O)c1. The second-order valence-electron chi connectivity index (χ2n) is 7.60. The third-order valence-electron chi connectivity index (χ3n) is 5.11. The van der Waals surface area contributed by atoms with E-state index in [1.165, 1.54) is 12.1 Å². The van der Waals surface area contributed by atoms with Crippen LogP contribution in [-0.2, 0) is 0 Å². The van der Waals surface area contributed by atoms with Crippen LogP contribution in [0, 0.1) is 26.6 Å². The fraction of sp³-hybridized carbons (Fsp3) is 0.120. The molecule has 0 bridgehead atoms. The third-order valence-corrected chi connectivity index (χ3v) is 5.11. The maximum atomic E-state index is 13.4. The van der Waals surface area contributed by atoms with Gasteiger partial charge in [-0.25, -0.2) is 13.9 Å². The highest BCUT2D eigenvalue weighted by atomic mass is 19.1. The van der Waals surface area contributed by atoms with Crippen molar-refractivity contribution >= 4 is 17.5 Å². The molecular weight excluding hydrogens is 393 g/mol. The average molecular weight is 415 g/mol. The minimum absolute atomic E-state index is 0.178. The number of carboxylic acids is 1. The maximum Gasteiger partial charge on any atom is 0.337 e. The van der Waals surface area contributed by atoms with Gasteiger partial charge in [-0.15, -0.1) is 0 Å². The lowest BCUT2D eigenvalue weighted by Gasteiger charge is -2.14. The normalized spacial score (nSPS) is 10.8. The van der Waals surface area contributed by atoms with E-state index in [1.807, 2.05) is 51.1 Å². The second-order valence-corrected chi connectivity index (χ2v) is 7.60. The molecule has 3 aromatic carbocycles. The number of hydrogen-bond donors (Lipinski definition) is 2. The van der Waals surface area contributed by atoms with Crippen LogP contribution in [0.4, 0.5) is 15.9 Å². The fourth-order valence-electron chi connectivity index (χ4n) is 3.45. The van der Waals surface area contributed by atoms with Gasteiger partial charge in [0.15, 0.2) is 0 Å². The minimum Gasteiger partial charge on any atom is -0.478 e. The van der Waals surface area contributed by atoms with Gasteiger partial charge in [0.05, 0.1) is 22.6 Å². The number of nitrogens with one attached hydrogen (secondary N) is 1. The number of halogens is 1. The van der Waals surface area contributed by atoms with E-state index < -0.39 is 5.97 Å². The van der Waals surface area contributed by atoms with Gasteiger partial charge in [-0.3, -0.25) is 0 Å². The summed E-state index contributed by atoms with van der Waals surface area (Å²) in [5.41, 5.74) is 5.88. The molecule has 1 heterocycles. The van der Waals surface area contributed by atoms with Gasteiger partial charge in [0.25, 0.3) is 0 Å². The molecule has 0 fully saturated rings. The van der Waals surface area contributed by atoms with Gasteiger partial charge in [-0.05, 0) is 74.4 Å². The van der Waals surface area contributed by atoms with E-state index in [4.69, 9.17) is 5.10 Å². The van der Waals surface area contributed by atoms with Crippen LogP contribution < -0.4 is 5.32 Å². The number of aromatic nitrogens is 2. The first-order valence-electron chi connectivity index (χ1n) is 9.86. The van der Waals surface area contributed by atoms with Crippen LogP contribution in [0.5, 0.6) is 0 Å². The molecule has 31 heavy (non-hydrogen) atoms. The number of nitrogens with zero attached hydrogens (tertiary/aromatic N) is 2. The number of hydrogen-bond acceptors (Lipinski definition) is 3. The van der Waals surface area contributed by atoms with Crippen LogP contribution in [0.2, 0.25) is 0 Å². The monoisotopic (exact) mass is 415 g/mol. The molecule has 0 aliphatic heterocycles. The zero-order valence-electron chi connectivity index (χ0n) is 17.5. The Balaban J connectivity index is 1.87. The number of carboxylic acid groups (broad SMARTS) is 1. The number of anilines is 2. The Bertz CT molecular complexity index is 1280. The molecule has 0 unspecified atom stereocenters. The Hall–Kier alpha value is -3.93. The first-order valence-corrected chi connectivity index (χ1v) is 9.86. The Morgan fingerprint density at radius 3 is 2.32 bits per heavy atom. The Kier molecular flexibility index (Phi) is 5.29. The van der Waals surface area contributed by atoms with Gasteiger partial charge in [0.2, 0.25) is 0 Å². The molecule has 0 saturated carbocycles. The van der Waals surface area contributed by atoms with Crippen LogP contribution in [0.15, 0.2) is 66.7 Å². The van der Waals surface area contributed by atoms with E-state index in [9.17, 15) is 14.3 Å². The summed E-state index contributed by atoms with van der Waals surface area (Å²) in [4.78, 5) is 11.8. The largest absolute Gasteiger partial charge is 0.478 e. The highest BCUT2D eigenvalue weighted by Crippen LogP contribution is 2.30. The van der Waals surface area contributed by atoms with Crippen molar-refractivity contribution in [2.45, 2.75) is 20.8 Å².